The van der Waals surface area contributed by atoms with Gasteiger partial charge in [-0.2, -0.15) is 4.98 Å². The predicted octanol–water partition coefficient (Wildman–Crippen LogP) is 1.61. The van der Waals surface area contributed by atoms with Gasteiger partial charge >= 0.3 is 0 Å². The van der Waals surface area contributed by atoms with Crippen LogP contribution in [0.4, 0.5) is 6.01 Å². The number of nitrogens with two attached hydrogens (primary N) is 1. The van der Waals surface area contributed by atoms with Crippen LogP contribution in [-0.2, 0) is 6.54 Å². The first-order valence-electron chi connectivity index (χ1n) is 4.93. The van der Waals surface area contributed by atoms with Crippen LogP contribution < -0.4 is 10.6 Å². The number of hydrogen-bond acceptors (Lipinski definition) is 4. The highest BCUT2D eigenvalue weighted by molar-refractivity contribution is 5.27. The number of anilines is 1. The average molecular weight is 197 g/mol. The van der Waals surface area contributed by atoms with Gasteiger partial charge in [-0.25, -0.2) is 0 Å². The molecule has 0 saturated carbocycles. The van der Waals surface area contributed by atoms with E-state index in [9.17, 15) is 0 Å². The Labute approximate surface area is 85.1 Å². The first kappa shape index (κ1) is 11.0. The lowest BCUT2D eigenvalue weighted by atomic mass is 10.1. The second-order valence-corrected chi connectivity index (χ2v) is 3.92. The van der Waals surface area contributed by atoms with Crippen molar-refractivity contribution in [3.63, 3.8) is 0 Å². The average Bonchev–Trinajstić information content (AvgIpc) is 2.63. The van der Waals surface area contributed by atoms with Crippen molar-refractivity contribution < 1.29 is 4.42 Å². The summed E-state index contributed by atoms with van der Waals surface area (Å²) in [5.41, 5.74) is 6.25. The van der Waals surface area contributed by atoms with Crippen molar-refractivity contribution in [2.45, 2.75) is 33.4 Å². The van der Waals surface area contributed by atoms with Crippen LogP contribution >= 0.6 is 0 Å². The van der Waals surface area contributed by atoms with E-state index in [1.165, 1.54) is 0 Å². The monoisotopic (exact) mass is 197 g/mol. The molecule has 0 aliphatic heterocycles. The summed E-state index contributed by atoms with van der Waals surface area (Å²) in [6, 6.07) is 1.05. The Kier molecular flexibility index (Phi) is 3.52. The van der Waals surface area contributed by atoms with Gasteiger partial charge in [-0.3, -0.25) is 0 Å². The zero-order valence-corrected chi connectivity index (χ0v) is 9.32. The number of rotatable bonds is 4. The van der Waals surface area contributed by atoms with Gasteiger partial charge in [-0.05, 0) is 12.8 Å². The van der Waals surface area contributed by atoms with Crippen LogP contribution in [-0.4, -0.2) is 18.1 Å². The summed E-state index contributed by atoms with van der Waals surface area (Å²) in [7, 11) is 1.98. The molecule has 80 valence electrons. The van der Waals surface area contributed by atoms with Gasteiger partial charge in [-0.15, -0.1) is 0 Å². The van der Waals surface area contributed by atoms with Crippen LogP contribution in [0.5, 0.6) is 0 Å². The Morgan fingerprint density at radius 3 is 2.57 bits per heavy atom. The third kappa shape index (κ3) is 2.26. The molecule has 1 aromatic rings. The van der Waals surface area contributed by atoms with E-state index in [-0.39, 0.29) is 0 Å². The van der Waals surface area contributed by atoms with Gasteiger partial charge in [0.25, 0.3) is 6.01 Å². The van der Waals surface area contributed by atoms with Crippen LogP contribution in [0.1, 0.15) is 26.5 Å². The Balaban J connectivity index is 2.73. The zero-order valence-electron chi connectivity index (χ0n) is 9.32. The van der Waals surface area contributed by atoms with Gasteiger partial charge in [0.1, 0.15) is 6.26 Å². The second kappa shape index (κ2) is 4.46. The summed E-state index contributed by atoms with van der Waals surface area (Å²) < 4.78 is 5.32. The number of nitrogens with zero attached hydrogens (tertiary/aromatic N) is 2. The molecule has 0 saturated heterocycles. The molecule has 14 heavy (non-hydrogen) atoms. The fourth-order valence-electron chi connectivity index (χ4n) is 1.17. The van der Waals surface area contributed by atoms with Gasteiger partial charge in [0.2, 0.25) is 0 Å². The Bertz CT molecular complexity index is 283. The molecule has 4 heteroatoms. The minimum atomic E-state index is 0.402. The molecule has 0 aliphatic carbocycles. The minimum Gasteiger partial charge on any atom is -0.432 e. The topological polar surface area (TPSA) is 55.3 Å². The molecule has 0 radical (unpaired) electrons. The van der Waals surface area contributed by atoms with Crippen LogP contribution in [0, 0.1) is 5.92 Å². The number of oxazole rings is 1. The van der Waals surface area contributed by atoms with Crippen LogP contribution in [0.15, 0.2) is 10.7 Å². The highest BCUT2D eigenvalue weighted by Crippen LogP contribution is 2.17. The quantitative estimate of drug-likeness (QED) is 0.796. The largest absolute Gasteiger partial charge is 0.432 e. The minimum absolute atomic E-state index is 0.402. The zero-order chi connectivity index (χ0) is 10.7. The molecule has 2 N–H and O–H groups in total. The molecule has 0 fully saturated rings. The summed E-state index contributed by atoms with van der Waals surface area (Å²) in [6.07, 6.45) is 1.61. The van der Waals surface area contributed by atoms with Gasteiger partial charge in [0.05, 0.1) is 5.69 Å². The molecule has 4 nitrogen and oxygen atoms in total. The van der Waals surface area contributed by atoms with Gasteiger partial charge < -0.3 is 15.1 Å². The van der Waals surface area contributed by atoms with Gasteiger partial charge in [0.15, 0.2) is 0 Å². The lowest BCUT2D eigenvalue weighted by molar-refractivity contribution is 0.457. The Hall–Kier alpha value is -1.03. The smallest absolute Gasteiger partial charge is 0.297 e. The van der Waals surface area contributed by atoms with E-state index >= 15 is 0 Å². The van der Waals surface area contributed by atoms with Crippen molar-refractivity contribution >= 4 is 6.01 Å². The molecule has 1 heterocycles. The summed E-state index contributed by atoms with van der Waals surface area (Å²) >= 11 is 0. The van der Waals surface area contributed by atoms with E-state index in [2.05, 4.69) is 25.8 Å². The summed E-state index contributed by atoms with van der Waals surface area (Å²) in [5, 5.41) is 0. The molecule has 1 atom stereocenters. The Morgan fingerprint density at radius 1 is 1.50 bits per heavy atom. The lowest BCUT2D eigenvalue weighted by Gasteiger charge is -2.26. The van der Waals surface area contributed by atoms with E-state index in [1.54, 1.807) is 6.26 Å². The second-order valence-electron chi connectivity index (χ2n) is 3.92. The van der Waals surface area contributed by atoms with E-state index in [0.717, 1.165) is 5.69 Å². The molecular formula is C10H19N3O. The van der Waals surface area contributed by atoms with Crippen LogP contribution in [0.3, 0.4) is 0 Å². The van der Waals surface area contributed by atoms with Gasteiger partial charge in [-0.1, -0.05) is 13.8 Å². The third-order valence-corrected chi connectivity index (χ3v) is 2.63. The fraction of sp³-hybridized carbons (Fsp3) is 0.700. The first-order chi connectivity index (χ1) is 6.56. The molecule has 0 aliphatic rings. The normalized spacial score (nSPS) is 13.3. The highest BCUT2D eigenvalue weighted by atomic mass is 16.4. The van der Waals surface area contributed by atoms with Gasteiger partial charge in [0, 0.05) is 19.6 Å². The molecular weight excluding hydrogens is 178 g/mol. The predicted molar refractivity (Wildman–Crippen MR) is 57.1 cm³/mol. The van der Waals surface area contributed by atoms with E-state index in [1.807, 2.05) is 11.9 Å². The van der Waals surface area contributed by atoms with Crippen molar-refractivity contribution in [3.05, 3.63) is 12.0 Å². The maximum atomic E-state index is 5.46. The lowest BCUT2D eigenvalue weighted by Crippen LogP contribution is -2.33. The molecule has 0 bridgehead atoms. The van der Waals surface area contributed by atoms with Crippen LogP contribution in [0.2, 0.25) is 0 Å². The molecule has 0 amide bonds. The third-order valence-electron chi connectivity index (χ3n) is 2.63. The molecule has 1 rings (SSSR count). The molecule has 1 unspecified atom stereocenters. The standard InChI is InChI=1S/C10H19N3O/c1-7(2)8(3)13(4)10-12-9(5-11)6-14-10/h6-8H,5,11H2,1-4H3. The van der Waals surface area contributed by atoms with Crippen LogP contribution in [0.25, 0.3) is 0 Å². The molecule has 0 aromatic carbocycles. The summed E-state index contributed by atoms with van der Waals surface area (Å²) in [5.74, 6) is 0.563. The molecule has 0 spiro atoms. The van der Waals surface area contributed by atoms with E-state index in [0.29, 0.717) is 24.5 Å². The van der Waals surface area contributed by atoms with Crippen molar-refractivity contribution in [2.24, 2.45) is 11.7 Å². The maximum Gasteiger partial charge on any atom is 0.297 e. The fourth-order valence-corrected chi connectivity index (χ4v) is 1.17. The highest BCUT2D eigenvalue weighted by Gasteiger charge is 2.17. The van der Waals surface area contributed by atoms with E-state index < -0.39 is 0 Å². The molecule has 1 aromatic heterocycles. The SMILES string of the molecule is CC(C)C(C)N(C)c1nc(CN)co1. The van der Waals surface area contributed by atoms with Crippen molar-refractivity contribution in [1.82, 2.24) is 4.98 Å². The van der Waals surface area contributed by atoms with Crippen molar-refractivity contribution in [1.29, 1.82) is 0 Å². The first-order valence-corrected chi connectivity index (χ1v) is 4.93. The number of aromatic nitrogens is 1. The summed E-state index contributed by atoms with van der Waals surface area (Å²) in [4.78, 5) is 6.30. The number of hydrogen-bond donors (Lipinski definition) is 1. The summed E-state index contributed by atoms with van der Waals surface area (Å²) in [6.45, 7) is 6.92. The van der Waals surface area contributed by atoms with Crippen molar-refractivity contribution in [2.75, 3.05) is 11.9 Å². The maximum absolute atomic E-state index is 5.46. The van der Waals surface area contributed by atoms with Crippen molar-refractivity contribution in [3.8, 4) is 0 Å². The van der Waals surface area contributed by atoms with E-state index in [4.69, 9.17) is 10.2 Å². The Morgan fingerprint density at radius 2 is 2.14 bits per heavy atom.